The Kier molecular flexibility index (Phi) is 5.99. The molecule has 2 rings (SSSR count). The maximum Gasteiger partial charge on any atom is 0.410 e. The van der Waals surface area contributed by atoms with E-state index in [9.17, 15) is 9.59 Å². The van der Waals surface area contributed by atoms with Gasteiger partial charge >= 0.3 is 6.09 Å². The maximum absolute atomic E-state index is 12.5. The third-order valence-corrected chi connectivity index (χ3v) is 4.28. The van der Waals surface area contributed by atoms with E-state index < -0.39 is 11.7 Å². The fraction of sp³-hybridized carbons (Fsp3) is 0.529. The molecule has 1 fully saturated rings. The zero-order valence-electron chi connectivity index (χ0n) is 14.1. The van der Waals surface area contributed by atoms with Crippen LogP contribution in [0.3, 0.4) is 0 Å². The smallest absolute Gasteiger partial charge is 0.410 e. The monoisotopic (exact) mass is 372 g/mol. The summed E-state index contributed by atoms with van der Waals surface area (Å²) in [4.78, 5) is 26.3. The fourth-order valence-corrected chi connectivity index (χ4v) is 3.02. The van der Waals surface area contributed by atoms with E-state index in [1.807, 2.05) is 20.8 Å². The first-order chi connectivity index (χ1) is 11.2. The van der Waals surface area contributed by atoms with Gasteiger partial charge in [-0.15, -0.1) is 0 Å². The molecule has 1 atom stereocenters. The van der Waals surface area contributed by atoms with E-state index >= 15 is 0 Å². The molecule has 1 saturated heterocycles. The molecule has 1 heterocycles. The zero-order valence-corrected chi connectivity index (χ0v) is 15.6. The van der Waals surface area contributed by atoms with Crippen LogP contribution in [-0.4, -0.2) is 35.6 Å². The highest BCUT2D eigenvalue weighted by Gasteiger charge is 2.31. The predicted molar refractivity (Wildman–Crippen MR) is 95.6 cm³/mol. The summed E-state index contributed by atoms with van der Waals surface area (Å²) in [6.45, 7) is 6.36. The molecular formula is C17H22Cl2N2O3. The predicted octanol–water partition coefficient (Wildman–Crippen LogP) is 4.58. The Hall–Kier alpha value is -1.46. The molecule has 7 heteroatoms. The Morgan fingerprint density at radius 1 is 1.25 bits per heavy atom. The average Bonchev–Trinajstić information content (AvgIpc) is 2.49. The molecule has 24 heavy (non-hydrogen) atoms. The van der Waals surface area contributed by atoms with Crippen molar-refractivity contribution in [2.24, 2.45) is 5.92 Å². The van der Waals surface area contributed by atoms with Gasteiger partial charge in [-0.1, -0.05) is 29.3 Å². The largest absolute Gasteiger partial charge is 0.444 e. The molecule has 0 saturated carbocycles. The number of anilines is 1. The molecule has 1 unspecified atom stereocenters. The number of ether oxygens (including phenoxy) is 1. The molecule has 5 nitrogen and oxygen atoms in total. The van der Waals surface area contributed by atoms with E-state index in [0.29, 0.717) is 35.2 Å². The number of nitrogens with one attached hydrogen (secondary N) is 1. The maximum atomic E-state index is 12.5. The van der Waals surface area contributed by atoms with Gasteiger partial charge in [0, 0.05) is 13.1 Å². The number of piperidine rings is 1. The number of carbonyl (C=O) groups is 2. The number of carbonyl (C=O) groups excluding carboxylic acids is 2. The van der Waals surface area contributed by atoms with Crippen LogP contribution in [-0.2, 0) is 9.53 Å². The molecule has 0 spiro atoms. The Labute approximate surface area is 152 Å². The molecule has 1 aliphatic rings. The van der Waals surface area contributed by atoms with Crippen molar-refractivity contribution < 1.29 is 14.3 Å². The molecule has 0 aromatic heterocycles. The summed E-state index contributed by atoms with van der Waals surface area (Å²) in [5, 5.41) is 3.54. The molecule has 1 aromatic carbocycles. The third kappa shape index (κ3) is 5.02. The lowest BCUT2D eigenvalue weighted by Crippen LogP contribution is -2.45. The summed E-state index contributed by atoms with van der Waals surface area (Å²) < 4.78 is 5.37. The van der Waals surface area contributed by atoms with Crippen LogP contribution in [0, 0.1) is 5.92 Å². The van der Waals surface area contributed by atoms with Crippen molar-refractivity contribution >= 4 is 40.9 Å². The molecule has 1 aliphatic heterocycles. The Morgan fingerprint density at radius 2 is 1.88 bits per heavy atom. The molecule has 132 valence electrons. The summed E-state index contributed by atoms with van der Waals surface area (Å²) in [7, 11) is 0. The number of benzene rings is 1. The topological polar surface area (TPSA) is 58.6 Å². The lowest BCUT2D eigenvalue weighted by Gasteiger charge is -2.33. The molecule has 0 radical (unpaired) electrons. The van der Waals surface area contributed by atoms with Gasteiger partial charge in [-0.3, -0.25) is 4.79 Å². The van der Waals surface area contributed by atoms with Crippen molar-refractivity contribution in [3.05, 3.63) is 28.2 Å². The number of nitrogens with zero attached hydrogens (tertiary/aromatic N) is 1. The van der Waals surface area contributed by atoms with Gasteiger partial charge in [0.15, 0.2) is 0 Å². The van der Waals surface area contributed by atoms with Crippen molar-refractivity contribution in [2.45, 2.75) is 39.2 Å². The van der Waals surface area contributed by atoms with E-state index in [1.54, 1.807) is 23.1 Å². The first-order valence-electron chi connectivity index (χ1n) is 7.90. The minimum atomic E-state index is -0.558. The summed E-state index contributed by atoms with van der Waals surface area (Å²) in [6.07, 6.45) is 1.05. The number of rotatable bonds is 2. The van der Waals surface area contributed by atoms with Gasteiger partial charge < -0.3 is 15.0 Å². The second kappa shape index (κ2) is 7.62. The summed E-state index contributed by atoms with van der Waals surface area (Å²) >= 11 is 12.2. The van der Waals surface area contributed by atoms with Gasteiger partial charge in [0.25, 0.3) is 0 Å². The van der Waals surface area contributed by atoms with E-state index in [2.05, 4.69) is 5.32 Å². The van der Waals surface area contributed by atoms with Crippen molar-refractivity contribution in [1.29, 1.82) is 0 Å². The van der Waals surface area contributed by atoms with Gasteiger partial charge in [-0.25, -0.2) is 4.79 Å². The van der Waals surface area contributed by atoms with E-state index in [-0.39, 0.29) is 11.8 Å². The van der Waals surface area contributed by atoms with Gasteiger partial charge in [0.2, 0.25) is 5.91 Å². The first kappa shape index (κ1) is 18.9. The number of hydrogen-bond donors (Lipinski definition) is 1. The fourth-order valence-electron chi connectivity index (χ4n) is 2.53. The molecule has 0 bridgehead atoms. The highest BCUT2D eigenvalue weighted by Crippen LogP contribution is 2.31. The average molecular weight is 373 g/mol. The molecule has 2 amide bonds. The normalized spacial score (nSPS) is 18.2. The van der Waals surface area contributed by atoms with Gasteiger partial charge in [0.1, 0.15) is 5.60 Å². The van der Waals surface area contributed by atoms with Crippen LogP contribution < -0.4 is 5.32 Å². The molecular weight excluding hydrogens is 351 g/mol. The van der Waals surface area contributed by atoms with Crippen LogP contribution >= 0.6 is 23.2 Å². The van der Waals surface area contributed by atoms with Gasteiger partial charge in [-0.2, -0.15) is 0 Å². The highest BCUT2D eigenvalue weighted by atomic mass is 35.5. The molecule has 0 aliphatic carbocycles. The van der Waals surface area contributed by atoms with Crippen LogP contribution in [0.1, 0.15) is 33.6 Å². The highest BCUT2D eigenvalue weighted by molar-refractivity contribution is 6.39. The van der Waals surface area contributed by atoms with Gasteiger partial charge in [-0.05, 0) is 45.7 Å². The second-order valence-corrected chi connectivity index (χ2v) is 7.67. The quantitative estimate of drug-likeness (QED) is 0.826. The standard InChI is InChI=1S/C17H22Cl2N2O3/c1-17(2,3)24-16(23)21-9-5-6-11(10-21)15(22)20-14-12(18)7-4-8-13(14)19/h4,7-8,11H,5-6,9-10H2,1-3H3,(H,20,22). The van der Waals surface area contributed by atoms with Crippen LogP contribution in [0.15, 0.2) is 18.2 Å². The van der Waals surface area contributed by atoms with E-state index in [0.717, 1.165) is 6.42 Å². The Balaban J connectivity index is 2.01. The minimum absolute atomic E-state index is 0.196. The number of likely N-dealkylation sites (tertiary alicyclic amines) is 1. The van der Waals surface area contributed by atoms with Crippen LogP contribution in [0.4, 0.5) is 10.5 Å². The lowest BCUT2D eigenvalue weighted by atomic mass is 9.97. The van der Waals surface area contributed by atoms with Crippen LogP contribution in [0.25, 0.3) is 0 Å². The number of halogens is 2. The lowest BCUT2D eigenvalue weighted by molar-refractivity contribution is -0.121. The second-order valence-electron chi connectivity index (χ2n) is 6.85. The zero-order chi connectivity index (χ0) is 17.9. The molecule has 1 N–H and O–H groups in total. The molecule has 1 aromatic rings. The van der Waals surface area contributed by atoms with E-state index in [1.165, 1.54) is 0 Å². The van der Waals surface area contributed by atoms with Crippen molar-refractivity contribution in [3.8, 4) is 0 Å². The summed E-state index contributed by atoms with van der Waals surface area (Å²) in [5.74, 6) is -0.517. The van der Waals surface area contributed by atoms with Crippen molar-refractivity contribution in [1.82, 2.24) is 4.90 Å². The third-order valence-electron chi connectivity index (χ3n) is 3.65. The summed E-state index contributed by atoms with van der Waals surface area (Å²) in [6, 6.07) is 5.04. The Bertz CT molecular complexity index is 609. The van der Waals surface area contributed by atoms with Gasteiger partial charge in [0.05, 0.1) is 21.7 Å². The van der Waals surface area contributed by atoms with Crippen molar-refractivity contribution in [3.63, 3.8) is 0 Å². The Morgan fingerprint density at radius 3 is 2.46 bits per heavy atom. The summed E-state index contributed by atoms with van der Waals surface area (Å²) in [5.41, 5.74) is -0.155. The minimum Gasteiger partial charge on any atom is -0.444 e. The number of para-hydroxylation sites is 1. The van der Waals surface area contributed by atoms with E-state index in [4.69, 9.17) is 27.9 Å². The first-order valence-corrected chi connectivity index (χ1v) is 8.66. The van der Waals surface area contributed by atoms with Crippen LogP contribution in [0.2, 0.25) is 10.0 Å². The number of amides is 2. The number of hydrogen-bond acceptors (Lipinski definition) is 3. The van der Waals surface area contributed by atoms with Crippen LogP contribution in [0.5, 0.6) is 0 Å². The van der Waals surface area contributed by atoms with Crippen molar-refractivity contribution in [2.75, 3.05) is 18.4 Å². The SMILES string of the molecule is CC(C)(C)OC(=O)N1CCCC(C(=O)Nc2c(Cl)cccc2Cl)C1.